The van der Waals surface area contributed by atoms with Crippen LogP contribution >= 0.6 is 0 Å². The van der Waals surface area contributed by atoms with Crippen LogP contribution in [0.1, 0.15) is 148 Å². The van der Waals surface area contributed by atoms with E-state index in [0.717, 1.165) is 17.1 Å². The van der Waals surface area contributed by atoms with Gasteiger partial charge in [0.25, 0.3) is 11.8 Å². The van der Waals surface area contributed by atoms with Crippen molar-refractivity contribution in [1.82, 2.24) is 36.0 Å². The molecule has 0 aromatic carbocycles. The summed E-state index contributed by atoms with van der Waals surface area (Å²) in [6, 6.07) is -1.20. The summed E-state index contributed by atoms with van der Waals surface area (Å²) in [5, 5.41) is 48.3. The maximum Gasteiger partial charge on any atom is 0.326 e. The fourth-order valence-electron chi connectivity index (χ4n) is 6.38. The summed E-state index contributed by atoms with van der Waals surface area (Å²) in [5.41, 5.74) is 0. The molecule has 1 atom stereocenters. The Kier molecular flexibility index (Phi) is 29.9. The number of nitrogens with zero attached hydrogens (tertiary/aromatic N) is 4. The Labute approximate surface area is 379 Å². The van der Waals surface area contributed by atoms with Crippen LogP contribution in [-0.2, 0) is 52.7 Å². The number of aliphatic carboxylic acids is 1. The quantitative estimate of drug-likeness (QED) is 0.0202. The largest absolute Gasteiger partial charge is 0.480 e. The summed E-state index contributed by atoms with van der Waals surface area (Å²) in [5.74, 6) is -5.50. The number of imide groups is 1. The molecule has 0 bridgehead atoms. The highest BCUT2D eigenvalue weighted by atomic mass is 16.5. The topological polar surface area (TPSA) is 318 Å². The van der Waals surface area contributed by atoms with Crippen molar-refractivity contribution in [3.63, 3.8) is 0 Å². The molecule has 0 saturated heterocycles. The lowest BCUT2D eigenvalue weighted by Gasteiger charge is -2.16. The fraction of sp³-hybridized carbons (Fsp3) is 0.698. The highest BCUT2D eigenvalue weighted by Gasteiger charge is 2.24. The van der Waals surface area contributed by atoms with Crippen LogP contribution in [0.2, 0.25) is 0 Å². The highest BCUT2D eigenvalue weighted by molar-refractivity contribution is 6.12. The minimum atomic E-state index is -1.25. The molecule has 0 unspecified atom stereocenters. The molecule has 8 amide bonds. The molecule has 1 aliphatic heterocycles. The zero-order valence-corrected chi connectivity index (χ0v) is 37.6. The van der Waals surface area contributed by atoms with E-state index in [1.807, 2.05) is 0 Å². The summed E-state index contributed by atoms with van der Waals surface area (Å²) in [7, 11) is 0. The van der Waals surface area contributed by atoms with E-state index in [9.17, 15) is 73.5 Å². The van der Waals surface area contributed by atoms with Crippen LogP contribution in [0.4, 0.5) is 0 Å². The van der Waals surface area contributed by atoms with E-state index >= 15 is 0 Å². The molecule has 0 fully saturated rings. The predicted molar refractivity (Wildman–Crippen MR) is 229 cm³/mol. The van der Waals surface area contributed by atoms with Crippen LogP contribution in [0, 0.1) is 0 Å². The van der Waals surface area contributed by atoms with Crippen LogP contribution in [0.25, 0.3) is 0 Å². The number of carbonyl (C=O) groups excluding carboxylic acids is 10. The van der Waals surface area contributed by atoms with Gasteiger partial charge in [0.15, 0.2) is 0 Å². The van der Waals surface area contributed by atoms with Crippen LogP contribution in [0.5, 0.6) is 0 Å². The predicted octanol–water partition coefficient (Wildman–Crippen LogP) is 2.11. The first-order chi connectivity index (χ1) is 30.9. The minimum Gasteiger partial charge on any atom is -0.480 e. The van der Waals surface area contributed by atoms with E-state index in [1.165, 1.54) is 6.92 Å². The van der Waals surface area contributed by atoms with Gasteiger partial charge in [-0.2, -0.15) is 0 Å². The molecule has 22 nitrogen and oxygen atoms in total. The molecule has 1 rings (SSSR count). The third-order valence-corrected chi connectivity index (χ3v) is 10.4. The van der Waals surface area contributed by atoms with Gasteiger partial charge in [-0.05, 0) is 70.6 Å². The molecule has 7 N–H and O–H groups in total. The summed E-state index contributed by atoms with van der Waals surface area (Å²) >= 11 is 0. The number of unbranched alkanes of at least 4 members (excludes halogenated alkanes) is 8. The number of rotatable bonds is 38. The number of carbonyl (C=O) groups is 11. The molecule has 1 heterocycles. The van der Waals surface area contributed by atoms with Gasteiger partial charge in [0.05, 0.1) is 0 Å². The van der Waals surface area contributed by atoms with Crippen molar-refractivity contribution < 1.29 is 73.5 Å². The van der Waals surface area contributed by atoms with Gasteiger partial charge in [-0.3, -0.25) is 68.5 Å². The van der Waals surface area contributed by atoms with Gasteiger partial charge >= 0.3 is 5.97 Å². The lowest BCUT2D eigenvalue weighted by Crippen LogP contribution is -2.41. The molecule has 0 spiro atoms. The standard InChI is InChI=1S/C43H69N7O15/c1-32(51)48(63)29-11-4-8-27-45-37(55)21-23-42(60)50(65)30-10-3-2-6-14-33(52)18-22-41(59)49(64)31-12-5-9-26-44-36(54)19-16-34(53)17-20-38(56)46-35(43(61)62)15-7-13-28-47-39(57)24-25-40(47)58/h24-25,35,63-65H,2-23,26-31H2,1H3,(H,44,54)(H,45,55)(H,46,56)(H,61,62)/t35-/m0/s1. The first kappa shape index (κ1) is 57.4. The SMILES string of the molecule is CC(=O)N(O)CCCCCNC(=O)CCC(=O)N(O)CCCCCCC(=O)CCC(=O)N(O)CCCCCNC(=O)CCC(=O)CCC(=O)N[C@@H](CCCCN1C(=O)C=CC1=O)C(=O)O. The van der Waals surface area contributed by atoms with Crippen molar-refractivity contribution >= 4 is 64.8 Å². The lowest BCUT2D eigenvalue weighted by molar-refractivity contribution is -0.166. The molecule has 0 aliphatic carbocycles. The molecule has 22 heteroatoms. The van der Waals surface area contributed by atoms with Crippen molar-refractivity contribution in [3.8, 4) is 0 Å². The van der Waals surface area contributed by atoms with Gasteiger partial charge in [0.2, 0.25) is 35.4 Å². The molecule has 0 aromatic rings. The molecule has 0 radical (unpaired) electrons. The Bertz CT molecular complexity index is 1620. The van der Waals surface area contributed by atoms with E-state index < -0.39 is 47.5 Å². The summed E-state index contributed by atoms with van der Waals surface area (Å²) < 4.78 is 0. The maximum absolute atomic E-state index is 12.3. The molecular weight excluding hydrogens is 855 g/mol. The summed E-state index contributed by atoms with van der Waals surface area (Å²) in [6.07, 6.45) is 8.16. The molecule has 0 aromatic heterocycles. The maximum atomic E-state index is 12.3. The molecule has 0 saturated carbocycles. The minimum absolute atomic E-state index is 0.0203. The second-order valence-corrected chi connectivity index (χ2v) is 15.9. The van der Waals surface area contributed by atoms with Gasteiger partial charge in [-0.25, -0.2) is 20.0 Å². The van der Waals surface area contributed by atoms with Gasteiger partial charge < -0.3 is 21.1 Å². The van der Waals surface area contributed by atoms with E-state index in [2.05, 4.69) is 16.0 Å². The van der Waals surface area contributed by atoms with Crippen molar-refractivity contribution in [2.24, 2.45) is 0 Å². The van der Waals surface area contributed by atoms with Crippen LogP contribution in [0.15, 0.2) is 12.2 Å². The monoisotopic (exact) mass is 923 g/mol. The molecule has 65 heavy (non-hydrogen) atoms. The third-order valence-electron chi connectivity index (χ3n) is 10.4. The van der Waals surface area contributed by atoms with Crippen molar-refractivity contribution in [3.05, 3.63) is 12.2 Å². The summed E-state index contributed by atoms with van der Waals surface area (Å²) in [4.78, 5) is 132. The number of carboxylic acid groups (broad SMARTS) is 1. The Morgan fingerprint density at radius 2 is 0.954 bits per heavy atom. The second kappa shape index (κ2) is 33.8. The van der Waals surface area contributed by atoms with Gasteiger partial charge in [-0.1, -0.05) is 12.8 Å². The smallest absolute Gasteiger partial charge is 0.326 e. The molecule has 1 aliphatic rings. The average molecular weight is 924 g/mol. The van der Waals surface area contributed by atoms with Crippen molar-refractivity contribution in [2.45, 2.75) is 154 Å². The number of nitrogens with one attached hydrogen (secondary N) is 3. The number of carboxylic acids is 1. The Morgan fingerprint density at radius 3 is 1.48 bits per heavy atom. The first-order valence-electron chi connectivity index (χ1n) is 22.5. The Balaban J connectivity index is 2.04. The zero-order valence-electron chi connectivity index (χ0n) is 37.6. The molecule has 366 valence electrons. The van der Waals surface area contributed by atoms with Gasteiger partial charge in [0.1, 0.15) is 17.6 Å². The number of hydrogen-bond acceptors (Lipinski definition) is 14. The van der Waals surface area contributed by atoms with E-state index in [0.29, 0.717) is 105 Å². The van der Waals surface area contributed by atoms with Crippen LogP contribution in [0.3, 0.4) is 0 Å². The summed E-state index contributed by atoms with van der Waals surface area (Å²) in [6.45, 7) is 2.43. The highest BCUT2D eigenvalue weighted by Crippen LogP contribution is 2.11. The second-order valence-electron chi connectivity index (χ2n) is 15.9. The number of hydroxylamine groups is 6. The fourth-order valence-corrected chi connectivity index (χ4v) is 6.38. The molecular formula is C43H69N7O15. The van der Waals surface area contributed by atoms with Crippen LogP contribution < -0.4 is 16.0 Å². The number of Topliss-reactive ketones (excluding diaryl/α,β-unsaturated/α-hetero) is 2. The normalized spacial score (nSPS) is 12.4. The van der Waals surface area contributed by atoms with Crippen molar-refractivity contribution in [2.75, 3.05) is 39.3 Å². The lowest BCUT2D eigenvalue weighted by atomic mass is 10.1. The van der Waals surface area contributed by atoms with E-state index in [1.54, 1.807) is 0 Å². The number of hydrogen-bond donors (Lipinski definition) is 7. The van der Waals surface area contributed by atoms with Crippen LogP contribution in [-0.4, -0.2) is 151 Å². The van der Waals surface area contributed by atoms with E-state index in [4.69, 9.17) is 0 Å². The average Bonchev–Trinajstić information content (AvgIpc) is 3.59. The van der Waals surface area contributed by atoms with Gasteiger partial charge in [-0.15, -0.1) is 0 Å². The third kappa shape index (κ3) is 28.0. The number of ketones is 2. The van der Waals surface area contributed by atoms with Gasteiger partial charge in [0, 0.05) is 116 Å². The Morgan fingerprint density at radius 1 is 0.523 bits per heavy atom. The first-order valence-corrected chi connectivity index (χ1v) is 22.5. The number of amides is 8. The zero-order chi connectivity index (χ0) is 48.6. The van der Waals surface area contributed by atoms with E-state index in [-0.39, 0.29) is 114 Å². The Hall–Kier alpha value is -5.61. The van der Waals surface area contributed by atoms with Crippen molar-refractivity contribution in [1.29, 1.82) is 0 Å².